The van der Waals surface area contributed by atoms with Crippen LogP contribution in [0.25, 0.3) is 0 Å². The molecular formula is C12H13N3O2S. The Morgan fingerprint density at radius 1 is 1.44 bits per heavy atom. The van der Waals surface area contributed by atoms with Gasteiger partial charge in [-0.25, -0.2) is 9.89 Å². The largest absolute Gasteiger partial charge is 0.343 e. The molecule has 0 unspecified atom stereocenters. The van der Waals surface area contributed by atoms with Crippen LogP contribution in [0.5, 0.6) is 0 Å². The van der Waals surface area contributed by atoms with E-state index in [1.807, 2.05) is 25.1 Å². The van der Waals surface area contributed by atoms with Gasteiger partial charge in [0.2, 0.25) is 0 Å². The molecule has 5 nitrogen and oxygen atoms in total. The van der Waals surface area contributed by atoms with E-state index < -0.39 is 0 Å². The number of rotatable bonds is 4. The van der Waals surface area contributed by atoms with Crippen LogP contribution in [0.15, 0.2) is 39.1 Å². The molecule has 0 fully saturated rings. The van der Waals surface area contributed by atoms with Gasteiger partial charge in [-0.1, -0.05) is 25.1 Å². The van der Waals surface area contributed by atoms with E-state index in [9.17, 15) is 9.59 Å². The maximum absolute atomic E-state index is 11.8. The highest BCUT2D eigenvalue weighted by atomic mass is 32.2. The van der Waals surface area contributed by atoms with Crippen molar-refractivity contribution in [2.45, 2.75) is 23.4 Å². The number of aromatic nitrogens is 3. The number of aromatic amines is 1. The summed E-state index contributed by atoms with van der Waals surface area (Å²) in [5.74, 6) is 0.0821. The highest BCUT2D eigenvalue weighted by Crippen LogP contribution is 2.28. The van der Waals surface area contributed by atoms with Crippen molar-refractivity contribution < 1.29 is 4.79 Å². The van der Waals surface area contributed by atoms with Crippen LogP contribution in [0, 0.1) is 0 Å². The van der Waals surface area contributed by atoms with Crippen molar-refractivity contribution in [2.75, 3.05) is 0 Å². The van der Waals surface area contributed by atoms with Crippen molar-refractivity contribution in [3.63, 3.8) is 0 Å². The second-order valence-electron chi connectivity index (χ2n) is 3.75. The zero-order valence-electron chi connectivity index (χ0n) is 10.1. The molecule has 1 aromatic heterocycles. The summed E-state index contributed by atoms with van der Waals surface area (Å²) in [6, 6.07) is 7.34. The van der Waals surface area contributed by atoms with Gasteiger partial charge in [0.1, 0.15) is 0 Å². The normalized spacial score (nSPS) is 10.6. The van der Waals surface area contributed by atoms with Gasteiger partial charge < -0.3 is 0 Å². The summed E-state index contributed by atoms with van der Waals surface area (Å²) in [6.45, 7) is 1.83. The first kappa shape index (κ1) is 12.6. The van der Waals surface area contributed by atoms with Crippen molar-refractivity contribution in [2.24, 2.45) is 7.05 Å². The molecule has 94 valence electrons. The number of carbonyl (C=O) groups excluding carboxylic acids is 1. The molecule has 0 saturated heterocycles. The van der Waals surface area contributed by atoms with Crippen molar-refractivity contribution in [3.8, 4) is 0 Å². The van der Waals surface area contributed by atoms with Crippen LogP contribution in [0.4, 0.5) is 0 Å². The molecule has 2 rings (SSSR count). The summed E-state index contributed by atoms with van der Waals surface area (Å²) in [5.41, 5.74) is 0.400. The number of hydrogen-bond acceptors (Lipinski definition) is 4. The smallest absolute Gasteiger partial charge is 0.294 e. The molecule has 0 amide bonds. The minimum Gasteiger partial charge on any atom is -0.294 e. The molecule has 18 heavy (non-hydrogen) atoms. The third kappa shape index (κ3) is 2.38. The topological polar surface area (TPSA) is 67.8 Å². The molecule has 0 radical (unpaired) electrons. The van der Waals surface area contributed by atoms with Gasteiger partial charge in [0.15, 0.2) is 10.9 Å². The lowest BCUT2D eigenvalue weighted by Gasteiger charge is -2.06. The first-order valence-electron chi connectivity index (χ1n) is 5.55. The van der Waals surface area contributed by atoms with E-state index in [0.717, 1.165) is 4.90 Å². The van der Waals surface area contributed by atoms with Gasteiger partial charge in [-0.05, 0) is 17.8 Å². The lowest BCUT2D eigenvalue weighted by Crippen LogP contribution is -2.12. The van der Waals surface area contributed by atoms with Gasteiger partial charge in [0.05, 0.1) is 0 Å². The Morgan fingerprint density at radius 2 is 2.17 bits per heavy atom. The third-order valence-electron chi connectivity index (χ3n) is 2.55. The average molecular weight is 263 g/mol. The SMILES string of the molecule is CCC(=O)c1ccccc1Sc1n[nH]c(=O)n1C. The zero-order chi connectivity index (χ0) is 13.1. The van der Waals surface area contributed by atoms with E-state index in [0.29, 0.717) is 17.1 Å². The minimum atomic E-state index is -0.267. The summed E-state index contributed by atoms with van der Waals surface area (Å²) in [7, 11) is 1.64. The number of Topliss-reactive ketones (excluding diaryl/α,β-unsaturated/α-hetero) is 1. The molecule has 0 atom stereocenters. The van der Waals surface area contributed by atoms with E-state index in [1.165, 1.54) is 16.3 Å². The van der Waals surface area contributed by atoms with Crippen LogP contribution in [0.3, 0.4) is 0 Å². The Balaban J connectivity index is 2.38. The van der Waals surface area contributed by atoms with Gasteiger partial charge in [-0.15, -0.1) is 5.10 Å². The number of H-pyrrole nitrogens is 1. The predicted octanol–water partition coefficient (Wildman–Crippen LogP) is 1.85. The Morgan fingerprint density at radius 3 is 2.78 bits per heavy atom. The van der Waals surface area contributed by atoms with E-state index in [4.69, 9.17) is 0 Å². The second kappa shape index (κ2) is 5.22. The lowest BCUT2D eigenvalue weighted by molar-refractivity contribution is 0.0985. The van der Waals surface area contributed by atoms with Crippen molar-refractivity contribution in [1.29, 1.82) is 0 Å². The third-order valence-corrected chi connectivity index (χ3v) is 3.67. The summed E-state index contributed by atoms with van der Waals surface area (Å²) >= 11 is 1.31. The molecule has 0 aliphatic rings. The highest BCUT2D eigenvalue weighted by Gasteiger charge is 2.13. The van der Waals surface area contributed by atoms with E-state index in [2.05, 4.69) is 10.2 Å². The summed E-state index contributed by atoms with van der Waals surface area (Å²) in [4.78, 5) is 23.9. The number of carbonyl (C=O) groups is 1. The zero-order valence-corrected chi connectivity index (χ0v) is 11.0. The maximum Gasteiger partial charge on any atom is 0.343 e. The first-order chi connectivity index (χ1) is 8.63. The standard InChI is InChI=1S/C12H13N3O2S/c1-3-9(16)8-6-4-5-7-10(8)18-12-14-13-11(17)15(12)2/h4-7H,3H2,1-2H3,(H,13,17). The summed E-state index contributed by atoms with van der Waals surface area (Å²) in [5, 5.41) is 6.82. The molecule has 0 saturated carbocycles. The predicted molar refractivity (Wildman–Crippen MR) is 69.0 cm³/mol. The maximum atomic E-state index is 11.8. The fourth-order valence-electron chi connectivity index (χ4n) is 1.50. The van der Waals surface area contributed by atoms with E-state index >= 15 is 0 Å². The fraction of sp³-hybridized carbons (Fsp3) is 0.250. The van der Waals surface area contributed by atoms with Gasteiger partial charge in [-0.2, -0.15) is 0 Å². The molecule has 0 spiro atoms. The molecule has 1 N–H and O–H groups in total. The van der Waals surface area contributed by atoms with Gasteiger partial charge >= 0.3 is 5.69 Å². The van der Waals surface area contributed by atoms with E-state index in [1.54, 1.807) is 13.1 Å². The number of ketones is 1. The second-order valence-corrected chi connectivity index (χ2v) is 4.75. The van der Waals surface area contributed by atoms with Crippen LogP contribution in [-0.4, -0.2) is 20.5 Å². The van der Waals surface area contributed by atoms with Gasteiger partial charge in [-0.3, -0.25) is 9.36 Å². The van der Waals surface area contributed by atoms with Crippen LogP contribution >= 0.6 is 11.8 Å². The molecule has 0 aliphatic heterocycles. The molecule has 1 heterocycles. The monoisotopic (exact) mass is 263 g/mol. The Labute approximate surface area is 108 Å². The molecular weight excluding hydrogens is 250 g/mol. The number of nitrogens with zero attached hydrogens (tertiary/aromatic N) is 2. The quantitative estimate of drug-likeness (QED) is 0.855. The van der Waals surface area contributed by atoms with Crippen LogP contribution in [0.2, 0.25) is 0 Å². The Hall–Kier alpha value is -1.82. The minimum absolute atomic E-state index is 0.0821. The molecule has 6 heteroatoms. The van der Waals surface area contributed by atoms with Crippen molar-refractivity contribution >= 4 is 17.5 Å². The first-order valence-corrected chi connectivity index (χ1v) is 6.36. The summed E-state index contributed by atoms with van der Waals surface area (Å²) < 4.78 is 1.41. The molecule has 0 aliphatic carbocycles. The Kier molecular flexibility index (Phi) is 3.66. The molecule has 1 aromatic carbocycles. The molecule has 2 aromatic rings. The Bertz CT molecular complexity index is 630. The molecule has 0 bridgehead atoms. The van der Waals surface area contributed by atoms with Gasteiger partial charge in [0.25, 0.3) is 0 Å². The highest BCUT2D eigenvalue weighted by molar-refractivity contribution is 7.99. The number of nitrogens with one attached hydrogen (secondary N) is 1. The van der Waals surface area contributed by atoms with Crippen LogP contribution in [-0.2, 0) is 7.05 Å². The number of benzene rings is 1. The summed E-state index contributed by atoms with van der Waals surface area (Å²) in [6.07, 6.45) is 0.455. The lowest BCUT2D eigenvalue weighted by atomic mass is 10.1. The fourth-order valence-corrected chi connectivity index (χ4v) is 2.44. The van der Waals surface area contributed by atoms with Crippen LogP contribution < -0.4 is 5.69 Å². The van der Waals surface area contributed by atoms with Crippen molar-refractivity contribution in [3.05, 3.63) is 40.3 Å². The van der Waals surface area contributed by atoms with Gasteiger partial charge in [0, 0.05) is 23.9 Å². The number of hydrogen-bond donors (Lipinski definition) is 1. The van der Waals surface area contributed by atoms with E-state index in [-0.39, 0.29) is 11.5 Å². The average Bonchev–Trinajstić information content (AvgIpc) is 2.70. The van der Waals surface area contributed by atoms with Crippen molar-refractivity contribution in [1.82, 2.24) is 14.8 Å². The van der Waals surface area contributed by atoms with Crippen LogP contribution in [0.1, 0.15) is 23.7 Å².